The molecule has 8 nitrogen and oxygen atoms in total. The summed E-state index contributed by atoms with van der Waals surface area (Å²) in [5, 5.41) is 5.56. The predicted molar refractivity (Wildman–Crippen MR) is 95.1 cm³/mol. The Morgan fingerprint density at radius 3 is 2.57 bits per heavy atom. The van der Waals surface area contributed by atoms with Gasteiger partial charge in [-0.05, 0) is 30.9 Å². The number of alkyl halides is 3. The van der Waals surface area contributed by atoms with Gasteiger partial charge in [0.2, 0.25) is 5.95 Å². The Bertz CT molecular complexity index is 823. The first-order valence-electron chi connectivity index (χ1n) is 8.61. The van der Waals surface area contributed by atoms with Gasteiger partial charge in [0.1, 0.15) is 17.1 Å². The van der Waals surface area contributed by atoms with Crippen LogP contribution >= 0.6 is 0 Å². The van der Waals surface area contributed by atoms with Crippen LogP contribution in [0.15, 0.2) is 24.5 Å². The van der Waals surface area contributed by atoms with E-state index in [2.05, 4.69) is 25.6 Å². The Labute approximate surface area is 158 Å². The molecule has 0 spiro atoms. The van der Waals surface area contributed by atoms with Gasteiger partial charge in [-0.25, -0.2) is 9.97 Å². The summed E-state index contributed by atoms with van der Waals surface area (Å²) < 4.78 is 45.1. The van der Waals surface area contributed by atoms with Crippen LogP contribution in [0.2, 0.25) is 0 Å². The molecule has 0 aliphatic carbocycles. The summed E-state index contributed by atoms with van der Waals surface area (Å²) in [7, 11) is 0. The lowest BCUT2D eigenvalue weighted by Crippen LogP contribution is -2.24. The van der Waals surface area contributed by atoms with Crippen LogP contribution in [0.1, 0.15) is 28.9 Å². The number of rotatable bonds is 6. The van der Waals surface area contributed by atoms with Gasteiger partial charge in [0.15, 0.2) is 0 Å². The number of nitrogens with one attached hydrogen (secondary N) is 2. The number of anilines is 3. The highest BCUT2D eigenvalue weighted by Gasteiger charge is 2.35. The van der Waals surface area contributed by atoms with E-state index in [4.69, 9.17) is 10.5 Å². The van der Waals surface area contributed by atoms with Crippen molar-refractivity contribution in [2.24, 2.45) is 11.7 Å². The molecule has 0 radical (unpaired) electrons. The van der Waals surface area contributed by atoms with E-state index >= 15 is 0 Å². The van der Waals surface area contributed by atoms with Crippen LogP contribution in [0.25, 0.3) is 0 Å². The van der Waals surface area contributed by atoms with Crippen molar-refractivity contribution in [3.63, 3.8) is 0 Å². The number of primary amides is 1. The Hall–Kier alpha value is -2.95. The Balaban J connectivity index is 1.77. The first-order valence-corrected chi connectivity index (χ1v) is 8.61. The van der Waals surface area contributed by atoms with Crippen molar-refractivity contribution in [3.8, 4) is 0 Å². The molecular weight excluding hydrogens is 377 g/mol. The van der Waals surface area contributed by atoms with Crippen molar-refractivity contribution in [1.82, 2.24) is 15.0 Å². The number of ether oxygens (including phenoxy) is 1. The van der Waals surface area contributed by atoms with Crippen LogP contribution < -0.4 is 16.4 Å². The van der Waals surface area contributed by atoms with Gasteiger partial charge in [0.05, 0.1) is 11.9 Å². The third-order valence-electron chi connectivity index (χ3n) is 4.27. The number of aromatic nitrogens is 3. The van der Waals surface area contributed by atoms with Gasteiger partial charge in [-0.1, -0.05) is 0 Å². The van der Waals surface area contributed by atoms with Crippen LogP contribution in [0.4, 0.5) is 30.6 Å². The average Bonchev–Trinajstić information content (AvgIpc) is 2.67. The fraction of sp³-hybridized carbons (Fsp3) is 0.412. The molecule has 1 amide bonds. The summed E-state index contributed by atoms with van der Waals surface area (Å²) in [6.07, 6.45) is -0.977. The summed E-state index contributed by atoms with van der Waals surface area (Å²) in [6, 6.07) is 2.89. The smallest absolute Gasteiger partial charge is 0.381 e. The minimum absolute atomic E-state index is 0.0314. The fourth-order valence-electron chi connectivity index (χ4n) is 2.72. The van der Waals surface area contributed by atoms with Gasteiger partial charge in [-0.15, -0.1) is 0 Å². The maximum atomic E-state index is 13.3. The van der Waals surface area contributed by atoms with Gasteiger partial charge in [0.25, 0.3) is 5.91 Å². The van der Waals surface area contributed by atoms with Gasteiger partial charge < -0.3 is 21.1 Å². The molecule has 11 heteroatoms. The largest absolute Gasteiger partial charge is 0.421 e. The van der Waals surface area contributed by atoms with E-state index in [9.17, 15) is 18.0 Å². The van der Waals surface area contributed by atoms with Crippen LogP contribution in [-0.4, -0.2) is 40.6 Å². The zero-order chi connectivity index (χ0) is 20.1. The topological polar surface area (TPSA) is 115 Å². The molecule has 4 N–H and O–H groups in total. The second-order valence-corrected chi connectivity index (χ2v) is 6.31. The van der Waals surface area contributed by atoms with Gasteiger partial charge >= 0.3 is 6.18 Å². The Morgan fingerprint density at radius 1 is 1.21 bits per heavy atom. The Kier molecular flexibility index (Phi) is 5.93. The van der Waals surface area contributed by atoms with E-state index in [0.717, 1.165) is 19.0 Å². The standard InChI is InChI=1S/C17H19F3N6O2/c18-17(19,20)12-9-24-16(25-11-1-2-13(14(21)27)22-8-11)26-15(12)23-7-10-3-5-28-6-4-10/h1-2,8-10H,3-7H2,(H2,21,27)(H2,23,24,25,26). The van der Waals surface area contributed by atoms with Gasteiger partial charge in [-0.3, -0.25) is 4.79 Å². The number of hydrogen-bond donors (Lipinski definition) is 3. The molecule has 1 fully saturated rings. The number of hydrogen-bond acceptors (Lipinski definition) is 7. The molecule has 0 unspecified atom stereocenters. The lowest BCUT2D eigenvalue weighted by molar-refractivity contribution is -0.137. The number of pyridine rings is 1. The molecule has 0 saturated carbocycles. The number of nitrogens with zero attached hydrogens (tertiary/aromatic N) is 3. The first kappa shape index (κ1) is 19.8. The minimum Gasteiger partial charge on any atom is -0.381 e. The van der Waals surface area contributed by atoms with Crippen molar-refractivity contribution in [3.05, 3.63) is 35.8 Å². The lowest BCUT2D eigenvalue weighted by atomic mass is 10.0. The highest BCUT2D eigenvalue weighted by Crippen LogP contribution is 2.34. The zero-order valence-corrected chi connectivity index (χ0v) is 14.8. The second-order valence-electron chi connectivity index (χ2n) is 6.31. The lowest BCUT2D eigenvalue weighted by Gasteiger charge is -2.23. The highest BCUT2D eigenvalue weighted by molar-refractivity contribution is 5.90. The molecule has 0 aromatic carbocycles. The van der Waals surface area contributed by atoms with E-state index in [1.54, 1.807) is 0 Å². The molecule has 3 rings (SSSR count). The van der Waals surface area contributed by atoms with Crippen molar-refractivity contribution in [1.29, 1.82) is 0 Å². The number of amides is 1. The summed E-state index contributed by atoms with van der Waals surface area (Å²) in [4.78, 5) is 22.6. The number of nitrogens with two attached hydrogens (primary N) is 1. The van der Waals surface area contributed by atoms with Crippen LogP contribution in [-0.2, 0) is 10.9 Å². The van der Waals surface area contributed by atoms with Crippen molar-refractivity contribution < 1.29 is 22.7 Å². The van der Waals surface area contributed by atoms with Gasteiger partial charge in [0, 0.05) is 26.0 Å². The number of halogens is 3. The van der Waals surface area contributed by atoms with Crippen LogP contribution in [0.3, 0.4) is 0 Å². The molecule has 150 valence electrons. The molecule has 1 aliphatic rings. The summed E-state index contributed by atoms with van der Waals surface area (Å²) in [6.45, 7) is 1.56. The Morgan fingerprint density at radius 2 is 1.96 bits per heavy atom. The third-order valence-corrected chi connectivity index (χ3v) is 4.27. The van der Waals surface area contributed by atoms with Crippen molar-refractivity contribution >= 4 is 23.4 Å². The molecule has 3 heterocycles. The van der Waals surface area contributed by atoms with Crippen LogP contribution in [0.5, 0.6) is 0 Å². The number of carbonyl (C=O) groups is 1. The molecular formula is C17H19F3N6O2. The van der Waals surface area contributed by atoms with Crippen molar-refractivity contribution in [2.75, 3.05) is 30.4 Å². The molecule has 28 heavy (non-hydrogen) atoms. The summed E-state index contributed by atoms with van der Waals surface area (Å²) in [5.41, 5.74) is 4.65. The maximum Gasteiger partial charge on any atom is 0.421 e. The highest BCUT2D eigenvalue weighted by atomic mass is 19.4. The molecule has 0 bridgehead atoms. The minimum atomic E-state index is -4.58. The quantitative estimate of drug-likeness (QED) is 0.687. The predicted octanol–water partition coefficient (Wildman–Crippen LogP) is 2.57. The molecule has 1 saturated heterocycles. The molecule has 1 aliphatic heterocycles. The molecule has 0 atom stereocenters. The van der Waals surface area contributed by atoms with E-state index in [1.807, 2.05) is 0 Å². The summed E-state index contributed by atoms with van der Waals surface area (Å²) >= 11 is 0. The first-order chi connectivity index (χ1) is 13.3. The van der Waals surface area contributed by atoms with Gasteiger partial charge in [-0.2, -0.15) is 18.2 Å². The average molecular weight is 396 g/mol. The zero-order valence-electron chi connectivity index (χ0n) is 14.8. The van der Waals surface area contributed by atoms with E-state index in [1.165, 1.54) is 18.3 Å². The second kappa shape index (κ2) is 8.38. The maximum absolute atomic E-state index is 13.3. The summed E-state index contributed by atoms with van der Waals surface area (Å²) in [5.74, 6) is -0.794. The molecule has 2 aromatic rings. The normalized spacial score (nSPS) is 15.2. The van der Waals surface area contributed by atoms with E-state index < -0.39 is 17.6 Å². The van der Waals surface area contributed by atoms with E-state index in [0.29, 0.717) is 25.4 Å². The molecule has 2 aromatic heterocycles. The van der Waals surface area contributed by atoms with Crippen molar-refractivity contribution in [2.45, 2.75) is 19.0 Å². The fourth-order valence-corrected chi connectivity index (χ4v) is 2.72. The monoisotopic (exact) mass is 396 g/mol. The van der Waals surface area contributed by atoms with E-state index in [-0.39, 0.29) is 23.4 Å². The van der Waals surface area contributed by atoms with Crippen LogP contribution in [0, 0.1) is 5.92 Å². The third kappa shape index (κ3) is 5.06. The number of carbonyl (C=O) groups excluding carboxylic acids is 1. The SMILES string of the molecule is NC(=O)c1ccc(Nc2ncc(C(F)(F)F)c(NCC3CCOCC3)n2)cn1.